The number of hydrogen-bond acceptors (Lipinski definition) is 4. The highest BCUT2D eigenvalue weighted by molar-refractivity contribution is 7.16. The summed E-state index contributed by atoms with van der Waals surface area (Å²) in [6, 6.07) is 3.96. The van der Waals surface area contributed by atoms with Crippen LogP contribution in [-0.4, -0.2) is 53.1 Å². The summed E-state index contributed by atoms with van der Waals surface area (Å²) in [5.74, 6) is -0.744. The van der Waals surface area contributed by atoms with Crippen molar-refractivity contribution < 1.29 is 9.90 Å². The van der Waals surface area contributed by atoms with E-state index in [1.807, 2.05) is 11.0 Å². The molecule has 1 aliphatic heterocycles. The average Bonchev–Trinajstić information content (AvgIpc) is 2.84. The first-order chi connectivity index (χ1) is 8.99. The SMILES string of the molecule is CC(C(=O)O)N1CCN(C(C)c2ccc(Cl)s2)CC1. The molecular weight excluding hydrogens is 284 g/mol. The van der Waals surface area contributed by atoms with Gasteiger partial charge in [-0.2, -0.15) is 0 Å². The maximum Gasteiger partial charge on any atom is 0.320 e. The maximum atomic E-state index is 11.0. The Morgan fingerprint density at radius 1 is 1.26 bits per heavy atom. The minimum atomic E-state index is -0.744. The second-order valence-corrected chi connectivity index (χ2v) is 6.65. The van der Waals surface area contributed by atoms with Crippen molar-refractivity contribution in [3.05, 3.63) is 21.3 Å². The van der Waals surface area contributed by atoms with Crippen LogP contribution in [0.2, 0.25) is 4.34 Å². The van der Waals surface area contributed by atoms with Crippen molar-refractivity contribution in [1.29, 1.82) is 0 Å². The summed E-state index contributed by atoms with van der Waals surface area (Å²) in [5, 5.41) is 9.02. The van der Waals surface area contributed by atoms with Crippen molar-refractivity contribution in [2.75, 3.05) is 26.2 Å². The van der Waals surface area contributed by atoms with E-state index >= 15 is 0 Å². The Morgan fingerprint density at radius 2 is 1.84 bits per heavy atom. The number of aliphatic carboxylic acids is 1. The van der Waals surface area contributed by atoms with Gasteiger partial charge in [0.05, 0.1) is 4.34 Å². The van der Waals surface area contributed by atoms with Crippen molar-refractivity contribution in [3.63, 3.8) is 0 Å². The van der Waals surface area contributed by atoms with Crippen molar-refractivity contribution in [2.45, 2.75) is 25.9 Å². The molecule has 1 N–H and O–H groups in total. The minimum Gasteiger partial charge on any atom is -0.480 e. The van der Waals surface area contributed by atoms with Crippen LogP contribution in [0, 0.1) is 0 Å². The molecule has 2 atom stereocenters. The van der Waals surface area contributed by atoms with E-state index in [0.717, 1.165) is 30.5 Å². The highest BCUT2D eigenvalue weighted by Gasteiger charge is 2.27. The number of nitrogens with zero attached hydrogens (tertiary/aromatic N) is 2. The zero-order chi connectivity index (χ0) is 14.0. The zero-order valence-electron chi connectivity index (χ0n) is 11.2. The van der Waals surface area contributed by atoms with Gasteiger partial charge in [0.2, 0.25) is 0 Å². The molecule has 0 aliphatic carbocycles. The quantitative estimate of drug-likeness (QED) is 0.928. The second-order valence-electron chi connectivity index (χ2n) is 4.90. The van der Waals surface area contributed by atoms with Gasteiger partial charge in [-0.1, -0.05) is 11.6 Å². The lowest BCUT2D eigenvalue weighted by molar-refractivity contribution is -0.143. The second kappa shape index (κ2) is 6.22. The molecule has 6 heteroatoms. The molecular formula is C13H19ClN2O2S. The highest BCUT2D eigenvalue weighted by atomic mass is 35.5. The summed E-state index contributed by atoms with van der Waals surface area (Å²) >= 11 is 7.59. The smallest absolute Gasteiger partial charge is 0.320 e. The number of thiophene rings is 1. The summed E-state index contributed by atoms with van der Waals surface area (Å²) < 4.78 is 0.819. The van der Waals surface area contributed by atoms with E-state index in [0.29, 0.717) is 6.04 Å². The van der Waals surface area contributed by atoms with Crippen molar-refractivity contribution >= 4 is 28.9 Å². The predicted octanol–water partition coefficient (Wildman–Crippen LogP) is 2.55. The molecule has 0 saturated carbocycles. The van der Waals surface area contributed by atoms with E-state index in [-0.39, 0.29) is 0 Å². The Morgan fingerprint density at radius 3 is 2.32 bits per heavy atom. The first-order valence-corrected chi connectivity index (χ1v) is 7.64. The Hall–Kier alpha value is -0.620. The van der Waals surface area contributed by atoms with E-state index in [9.17, 15) is 4.79 Å². The molecule has 0 bridgehead atoms. The number of piperazine rings is 1. The van der Waals surface area contributed by atoms with Crippen molar-refractivity contribution in [1.82, 2.24) is 9.80 Å². The van der Waals surface area contributed by atoms with Gasteiger partial charge in [-0.25, -0.2) is 0 Å². The van der Waals surface area contributed by atoms with Crippen molar-refractivity contribution in [2.24, 2.45) is 0 Å². The average molecular weight is 303 g/mol. The van der Waals surface area contributed by atoms with Crippen LogP contribution in [0.3, 0.4) is 0 Å². The lowest BCUT2D eigenvalue weighted by Gasteiger charge is -2.39. The molecule has 0 spiro atoms. The number of carboxylic acid groups (broad SMARTS) is 1. The Kier molecular flexibility index (Phi) is 4.84. The lowest BCUT2D eigenvalue weighted by atomic mass is 10.1. The van der Waals surface area contributed by atoms with Gasteiger partial charge in [0.25, 0.3) is 0 Å². The summed E-state index contributed by atoms with van der Waals surface area (Å²) in [6.45, 7) is 7.33. The largest absolute Gasteiger partial charge is 0.480 e. The molecule has 2 heterocycles. The molecule has 1 aromatic heterocycles. The third-order valence-electron chi connectivity index (χ3n) is 3.81. The molecule has 0 radical (unpaired) electrons. The fraction of sp³-hybridized carbons (Fsp3) is 0.615. The van der Waals surface area contributed by atoms with E-state index in [2.05, 4.69) is 17.9 Å². The molecule has 2 unspecified atom stereocenters. The van der Waals surface area contributed by atoms with Gasteiger partial charge >= 0.3 is 5.97 Å². The predicted molar refractivity (Wildman–Crippen MR) is 78.0 cm³/mol. The van der Waals surface area contributed by atoms with Gasteiger partial charge in [-0.05, 0) is 26.0 Å². The maximum absolute atomic E-state index is 11.0. The first-order valence-electron chi connectivity index (χ1n) is 6.45. The van der Waals surface area contributed by atoms with Crippen LogP contribution in [0.15, 0.2) is 12.1 Å². The molecule has 19 heavy (non-hydrogen) atoms. The highest BCUT2D eigenvalue weighted by Crippen LogP contribution is 2.30. The van der Waals surface area contributed by atoms with Crippen LogP contribution in [0.4, 0.5) is 0 Å². The van der Waals surface area contributed by atoms with Gasteiger partial charge < -0.3 is 5.11 Å². The minimum absolute atomic E-state index is 0.347. The number of rotatable bonds is 4. The monoisotopic (exact) mass is 302 g/mol. The fourth-order valence-corrected chi connectivity index (χ4v) is 3.55. The summed E-state index contributed by atoms with van der Waals surface area (Å²) in [5.41, 5.74) is 0. The summed E-state index contributed by atoms with van der Waals surface area (Å²) in [6.07, 6.45) is 0. The molecule has 1 saturated heterocycles. The Bertz CT molecular complexity index is 444. The van der Waals surface area contributed by atoms with Crippen LogP contribution < -0.4 is 0 Å². The van der Waals surface area contributed by atoms with Crippen LogP contribution in [0.25, 0.3) is 0 Å². The summed E-state index contributed by atoms with van der Waals surface area (Å²) in [7, 11) is 0. The topological polar surface area (TPSA) is 43.8 Å². The molecule has 1 aromatic rings. The lowest BCUT2D eigenvalue weighted by Crippen LogP contribution is -2.52. The third kappa shape index (κ3) is 3.48. The van der Waals surface area contributed by atoms with Crippen LogP contribution in [0.5, 0.6) is 0 Å². The van der Waals surface area contributed by atoms with Gasteiger partial charge in [-0.3, -0.25) is 14.6 Å². The van der Waals surface area contributed by atoms with Gasteiger partial charge in [0.15, 0.2) is 0 Å². The van der Waals surface area contributed by atoms with E-state index < -0.39 is 12.0 Å². The van der Waals surface area contributed by atoms with Gasteiger partial charge in [0, 0.05) is 37.1 Å². The zero-order valence-corrected chi connectivity index (χ0v) is 12.7. The number of halogens is 1. The first kappa shape index (κ1) is 14.8. The molecule has 106 valence electrons. The molecule has 0 amide bonds. The number of carboxylic acids is 1. The van der Waals surface area contributed by atoms with Crippen LogP contribution >= 0.6 is 22.9 Å². The molecule has 2 rings (SSSR count). The molecule has 1 fully saturated rings. The molecule has 1 aliphatic rings. The normalized spacial score (nSPS) is 21.2. The molecule has 4 nitrogen and oxygen atoms in total. The third-order valence-corrected chi connectivity index (χ3v) is 5.21. The van der Waals surface area contributed by atoms with E-state index in [1.165, 1.54) is 4.88 Å². The van der Waals surface area contributed by atoms with E-state index in [1.54, 1.807) is 18.3 Å². The fourth-order valence-electron chi connectivity index (χ4n) is 2.40. The van der Waals surface area contributed by atoms with Crippen LogP contribution in [-0.2, 0) is 4.79 Å². The molecule has 0 aromatic carbocycles. The number of hydrogen-bond donors (Lipinski definition) is 1. The Labute approximate surface area is 122 Å². The Balaban J connectivity index is 1.91. The van der Waals surface area contributed by atoms with Crippen molar-refractivity contribution in [3.8, 4) is 0 Å². The standard InChI is InChI=1S/C13H19ClN2O2S/c1-9(11-3-4-12(14)19-11)15-5-7-16(8-6-15)10(2)13(17)18/h3-4,9-10H,5-8H2,1-2H3,(H,17,18). The number of carbonyl (C=O) groups is 1. The van der Waals surface area contributed by atoms with Crippen LogP contribution in [0.1, 0.15) is 24.8 Å². The van der Waals surface area contributed by atoms with E-state index in [4.69, 9.17) is 16.7 Å². The van der Waals surface area contributed by atoms with Gasteiger partial charge in [-0.15, -0.1) is 11.3 Å². The van der Waals surface area contributed by atoms with Gasteiger partial charge in [0.1, 0.15) is 6.04 Å². The summed E-state index contributed by atoms with van der Waals surface area (Å²) in [4.78, 5) is 16.6.